The summed E-state index contributed by atoms with van der Waals surface area (Å²) in [6.07, 6.45) is 0.485. The molecule has 0 saturated carbocycles. The monoisotopic (exact) mass is 290 g/mol. The highest BCUT2D eigenvalue weighted by molar-refractivity contribution is 7.88. The van der Waals surface area contributed by atoms with Crippen LogP contribution in [0.5, 0.6) is 0 Å². The number of rotatable bonds is 6. The smallest absolute Gasteiger partial charge is 0.337 e. The van der Waals surface area contributed by atoms with Crippen molar-refractivity contribution in [3.05, 3.63) is 0 Å². The van der Waals surface area contributed by atoms with E-state index in [1.165, 1.54) is 9.77 Å². The maximum Gasteiger partial charge on any atom is 0.337 e. The molecule has 2 N–H and O–H groups in total. The molecule has 0 radical (unpaired) electrons. The van der Waals surface area contributed by atoms with Crippen LogP contribution in [0.4, 0.5) is 0 Å². The Hall–Kier alpha value is -1.24. The molecule has 10 nitrogen and oxygen atoms in total. The van der Waals surface area contributed by atoms with E-state index in [1.807, 2.05) is 0 Å². The molecule has 0 saturated heterocycles. The lowest BCUT2D eigenvalue weighted by Gasteiger charge is -2.04. The zero-order valence-electron chi connectivity index (χ0n) is 8.79. The minimum atomic E-state index is -3.75. The van der Waals surface area contributed by atoms with Crippen LogP contribution in [0.15, 0.2) is 0 Å². The summed E-state index contributed by atoms with van der Waals surface area (Å²) in [5.74, 6) is -2.51. The Bertz CT molecular complexity index is 446. The van der Waals surface area contributed by atoms with Gasteiger partial charge in [0.25, 0.3) is 0 Å². The Morgan fingerprint density at radius 1 is 0.882 bits per heavy atom. The van der Waals surface area contributed by atoms with E-state index in [2.05, 4.69) is 9.68 Å². The summed E-state index contributed by atoms with van der Waals surface area (Å²) in [7, 11) is -7.49. The molecule has 0 amide bonds. The molecule has 0 aromatic heterocycles. The molecule has 0 bridgehead atoms. The number of sulfonamides is 2. The maximum absolute atomic E-state index is 10.8. The fourth-order valence-corrected chi connectivity index (χ4v) is 0.923. The lowest BCUT2D eigenvalue weighted by molar-refractivity contribution is -0.158. The summed E-state index contributed by atoms with van der Waals surface area (Å²) in [4.78, 5) is 32.3. The van der Waals surface area contributed by atoms with Gasteiger partial charge in [0.05, 0.1) is 12.5 Å². The molecular formula is C5H10N2O8S2. The largest absolute Gasteiger partial charge is 0.355 e. The van der Waals surface area contributed by atoms with Crippen molar-refractivity contribution >= 4 is 32.0 Å². The summed E-state index contributed by atoms with van der Waals surface area (Å²) in [6.45, 7) is 0. The van der Waals surface area contributed by atoms with Crippen molar-refractivity contribution in [1.29, 1.82) is 0 Å². The van der Waals surface area contributed by atoms with Gasteiger partial charge in [0.15, 0.2) is 0 Å². The Morgan fingerprint density at radius 2 is 1.18 bits per heavy atom. The Balaban J connectivity index is 4.02. The maximum atomic E-state index is 10.8. The quantitative estimate of drug-likeness (QED) is 0.400. The molecule has 0 atom stereocenters. The van der Waals surface area contributed by atoms with Crippen LogP contribution in [0.2, 0.25) is 0 Å². The standard InChI is InChI=1S/C5H10N2O8S2/c1-16(10,11)6-14-4(8)3-5(9)15-7-17(2,12)13/h6-7H,3H2,1-2H3. The van der Waals surface area contributed by atoms with Crippen molar-refractivity contribution in [2.75, 3.05) is 12.5 Å². The van der Waals surface area contributed by atoms with E-state index in [-0.39, 0.29) is 0 Å². The first-order valence-electron chi connectivity index (χ1n) is 3.82. The van der Waals surface area contributed by atoms with Crippen LogP contribution in [-0.2, 0) is 39.3 Å². The predicted molar refractivity (Wildman–Crippen MR) is 52.8 cm³/mol. The lowest BCUT2D eigenvalue weighted by Crippen LogP contribution is -2.30. The number of carbonyl (C=O) groups excluding carboxylic acids is 2. The van der Waals surface area contributed by atoms with Gasteiger partial charge in [-0.15, -0.1) is 0 Å². The molecule has 0 aliphatic heterocycles. The third-order valence-electron chi connectivity index (χ3n) is 0.902. The van der Waals surface area contributed by atoms with Crippen LogP contribution in [-0.4, -0.2) is 41.3 Å². The van der Waals surface area contributed by atoms with E-state index in [9.17, 15) is 26.4 Å². The summed E-state index contributed by atoms with van der Waals surface area (Å²) in [5.41, 5.74) is 0. The molecule has 0 aliphatic rings. The van der Waals surface area contributed by atoms with Gasteiger partial charge in [-0.2, -0.15) is 0 Å². The fourth-order valence-electron chi connectivity index (χ4n) is 0.434. The van der Waals surface area contributed by atoms with E-state index in [0.29, 0.717) is 0 Å². The van der Waals surface area contributed by atoms with Crippen molar-refractivity contribution in [3.8, 4) is 0 Å². The minimum Gasteiger partial charge on any atom is -0.355 e. The third kappa shape index (κ3) is 11.0. The highest BCUT2D eigenvalue weighted by Gasteiger charge is 2.16. The van der Waals surface area contributed by atoms with Gasteiger partial charge in [-0.3, -0.25) is 0 Å². The Labute approximate surface area is 97.3 Å². The molecule has 0 aromatic carbocycles. The van der Waals surface area contributed by atoms with Crippen LogP contribution < -0.4 is 9.77 Å². The summed E-state index contributed by atoms with van der Waals surface area (Å²) >= 11 is 0. The van der Waals surface area contributed by atoms with Gasteiger partial charge >= 0.3 is 11.9 Å². The highest BCUT2D eigenvalue weighted by Crippen LogP contribution is 1.89. The molecule has 0 unspecified atom stereocenters. The second-order valence-electron chi connectivity index (χ2n) is 2.84. The molecule has 100 valence electrons. The molecule has 17 heavy (non-hydrogen) atoms. The van der Waals surface area contributed by atoms with Gasteiger partial charge in [-0.25, -0.2) is 26.4 Å². The van der Waals surface area contributed by atoms with Gasteiger partial charge in [0, 0.05) is 0 Å². The zero-order chi connectivity index (χ0) is 13.7. The summed E-state index contributed by atoms with van der Waals surface area (Å²) in [6, 6.07) is 0. The van der Waals surface area contributed by atoms with Crippen LogP contribution in [0.25, 0.3) is 0 Å². The van der Waals surface area contributed by atoms with Crippen molar-refractivity contribution in [3.63, 3.8) is 0 Å². The summed E-state index contributed by atoms with van der Waals surface area (Å²) in [5, 5.41) is 0. The van der Waals surface area contributed by atoms with Gasteiger partial charge in [0.1, 0.15) is 6.42 Å². The first kappa shape index (κ1) is 15.8. The normalized spacial score (nSPS) is 11.9. The minimum absolute atomic E-state index is 0.726. The van der Waals surface area contributed by atoms with Crippen LogP contribution >= 0.6 is 0 Å². The average Bonchev–Trinajstić information content (AvgIpc) is 2.09. The second kappa shape index (κ2) is 5.90. The molecule has 0 rings (SSSR count). The van der Waals surface area contributed by atoms with E-state index in [0.717, 1.165) is 12.5 Å². The van der Waals surface area contributed by atoms with Gasteiger partial charge in [0.2, 0.25) is 20.0 Å². The third-order valence-corrected chi connectivity index (χ3v) is 1.67. The molecule has 0 aromatic rings. The fraction of sp³-hybridized carbons (Fsp3) is 0.600. The van der Waals surface area contributed by atoms with E-state index in [1.54, 1.807) is 0 Å². The van der Waals surface area contributed by atoms with E-state index < -0.39 is 38.4 Å². The highest BCUT2D eigenvalue weighted by atomic mass is 32.2. The van der Waals surface area contributed by atoms with Gasteiger partial charge in [-0.05, 0) is 9.77 Å². The topological polar surface area (TPSA) is 145 Å². The number of carbonyl (C=O) groups is 2. The van der Waals surface area contributed by atoms with Crippen molar-refractivity contribution in [2.24, 2.45) is 0 Å². The van der Waals surface area contributed by atoms with Crippen LogP contribution in [0.1, 0.15) is 6.42 Å². The molecule has 0 aliphatic carbocycles. The van der Waals surface area contributed by atoms with Gasteiger partial charge in [-0.1, -0.05) is 0 Å². The van der Waals surface area contributed by atoms with Crippen molar-refractivity contribution in [2.45, 2.75) is 6.42 Å². The first-order valence-corrected chi connectivity index (χ1v) is 7.61. The van der Waals surface area contributed by atoms with Crippen molar-refractivity contribution in [1.82, 2.24) is 9.77 Å². The SMILES string of the molecule is CS(=O)(=O)NOC(=O)CC(=O)ONS(C)(=O)=O. The predicted octanol–water partition coefficient (Wildman–Crippen LogP) is -2.61. The van der Waals surface area contributed by atoms with E-state index in [4.69, 9.17) is 0 Å². The zero-order valence-corrected chi connectivity index (χ0v) is 10.4. The molecule has 0 fully saturated rings. The first-order chi connectivity index (χ1) is 7.49. The summed E-state index contributed by atoms with van der Waals surface area (Å²) < 4.78 is 41.9. The van der Waals surface area contributed by atoms with E-state index >= 15 is 0 Å². The number of nitrogens with one attached hydrogen (secondary N) is 2. The molecule has 0 spiro atoms. The van der Waals surface area contributed by atoms with Crippen LogP contribution in [0, 0.1) is 0 Å². The van der Waals surface area contributed by atoms with Gasteiger partial charge < -0.3 is 9.68 Å². The lowest BCUT2D eigenvalue weighted by atomic mass is 10.5. The van der Waals surface area contributed by atoms with Crippen LogP contribution in [0.3, 0.4) is 0 Å². The number of hydrogen-bond acceptors (Lipinski definition) is 8. The van der Waals surface area contributed by atoms with Crippen molar-refractivity contribution < 1.29 is 36.1 Å². The number of hydrogen-bond donors (Lipinski definition) is 2. The Kier molecular flexibility index (Phi) is 5.47. The average molecular weight is 290 g/mol. The second-order valence-corrected chi connectivity index (χ2v) is 6.26. The molecular weight excluding hydrogens is 280 g/mol. The molecule has 0 heterocycles. The molecule has 12 heteroatoms. The Morgan fingerprint density at radius 3 is 1.41 bits per heavy atom.